The van der Waals surface area contributed by atoms with E-state index in [-0.39, 0.29) is 10.8 Å². The molecule has 0 aromatic heterocycles. The van der Waals surface area contributed by atoms with Gasteiger partial charge >= 0.3 is 0 Å². The van der Waals surface area contributed by atoms with Gasteiger partial charge in [-0.25, -0.2) is 0 Å². The lowest BCUT2D eigenvalue weighted by Gasteiger charge is -2.27. The van der Waals surface area contributed by atoms with Crippen LogP contribution in [0.3, 0.4) is 0 Å². The molecule has 1 aromatic rings. The summed E-state index contributed by atoms with van der Waals surface area (Å²) in [4.78, 5) is 0. The first-order valence-corrected chi connectivity index (χ1v) is 6.96. The first kappa shape index (κ1) is 15.7. The first-order valence-electron chi connectivity index (χ1n) is 6.96. The molecule has 0 unspecified atom stereocenters. The lowest BCUT2D eigenvalue weighted by molar-refractivity contribution is 0.472. The number of rotatable bonds is 5. The largest absolute Gasteiger partial charge is 0.315 e. The molecule has 0 aliphatic carbocycles. The molecule has 1 aromatic carbocycles. The van der Waals surface area contributed by atoms with Crippen LogP contribution in [0.4, 0.5) is 0 Å². The van der Waals surface area contributed by atoms with Crippen molar-refractivity contribution in [2.24, 2.45) is 0 Å². The van der Waals surface area contributed by atoms with Crippen LogP contribution in [0.15, 0.2) is 24.3 Å². The van der Waals surface area contributed by atoms with Gasteiger partial charge in [0, 0.05) is 24.9 Å². The lowest BCUT2D eigenvalue weighted by atomic mass is 9.81. The predicted octanol–water partition coefficient (Wildman–Crippen LogP) is 3.76. The fraction of sp³-hybridized carbons (Fsp3) is 0.588. The van der Waals surface area contributed by atoms with E-state index >= 15 is 0 Å². The smallest absolute Gasteiger partial charge is 0.0635 e. The van der Waals surface area contributed by atoms with Gasteiger partial charge in [-0.05, 0) is 16.5 Å². The SMILES string of the molecule is CC(C)(C)c1ccc(C(C)(C)CNCCC#N)cc1. The average Bonchev–Trinajstić information content (AvgIpc) is 2.34. The van der Waals surface area contributed by atoms with Crippen LogP contribution in [0, 0.1) is 11.3 Å². The molecule has 0 saturated carbocycles. The van der Waals surface area contributed by atoms with Crippen LogP contribution in [0.5, 0.6) is 0 Å². The lowest BCUT2D eigenvalue weighted by Crippen LogP contribution is -2.33. The fourth-order valence-electron chi connectivity index (χ4n) is 2.07. The van der Waals surface area contributed by atoms with Gasteiger partial charge in [-0.3, -0.25) is 0 Å². The second-order valence-electron chi connectivity index (χ2n) is 6.80. The van der Waals surface area contributed by atoms with Crippen molar-refractivity contribution in [2.75, 3.05) is 13.1 Å². The number of nitriles is 1. The molecule has 0 aliphatic heterocycles. The summed E-state index contributed by atoms with van der Waals surface area (Å²) in [6.45, 7) is 12.8. The Hall–Kier alpha value is -1.33. The second kappa shape index (κ2) is 6.21. The molecule has 1 N–H and O–H groups in total. The summed E-state index contributed by atoms with van der Waals surface area (Å²) in [5.41, 5.74) is 2.99. The number of hydrogen-bond donors (Lipinski definition) is 1. The van der Waals surface area contributed by atoms with E-state index < -0.39 is 0 Å². The van der Waals surface area contributed by atoms with Gasteiger partial charge in [-0.15, -0.1) is 0 Å². The van der Waals surface area contributed by atoms with Gasteiger partial charge in [0.2, 0.25) is 0 Å². The van der Waals surface area contributed by atoms with Crippen molar-refractivity contribution >= 4 is 0 Å². The van der Waals surface area contributed by atoms with Crippen LogP contribution in [0.25, 0.3) is 0 Å². The molecule has 0 saturated heterocycles. The minimum atomic E-state index is 0.0892. The highest BCUT2D eigenvalue weighted by Gasteiger charge is 2.21. The van der Waals surface area contributed by atoms with E-state index in [2.05, 4.69) is 70.3 Å². The van der Waals surface area contributed by atoms with Crippen molar-refractivity contribution in [3.63, 3.8) is 0 Å². The molecule has 0 spiro atoms. The molecule has 0 atom stereocenters. The van der Waals surface area contributed by atoms with Gasteiger partial charge in [0.25, 0.3) is 0 Å². The Kier molecular flexibility index (Phi) is 5.14. The van der Waals surface area contributed by atoms with E-state index in [1.54, 1.807) is 0 Å². The van der Waals surface area contributed by atoms with Crippen molar-refractivity contribution < 1.29 is 0 Å². The Balaban J connectivity index is 2.71. The zero-order valence-corrected chi connectivity index (χ0v) is 12.9. The molecule has 0 bridgehead atoms. The summed E-state index contributed by atoms with van der Waals surface area (Å²) in [6.07, 6.45) is 0.568. The Morgan fingerprint density at radius 2 is 1.53 bits per heavy atom. The van der Waals surface area contributed by atoms with E-state index in [4.69, 9.17) is 5.26 Å². The molecule has 0 fully saturated rings. The van der Waals surface area contributed by atoms with Crippen molar-refractivity contribution in [2.45, 2.75) is 51.9 Å². The van der Waals surface area contributed by atoms with E-state index in [0.717, 1.165) is 13.1 Å². The average molecular weight is 258 g/mol. The maximum Gasteiger partial charge on any atom is 0.0635 e. The monoisotopic (exact) mass is 258 g/mol. The first-order chi connectivity index (χ1) is 8.77. The van der Waals surface area contributed by atoms with Crippen molar-refractivity contribution in [1.82, 2.24) is 5.32 Å². The quantitative estimate of drug-likeness (QED) is 0.816. The molecular formula is C17H26N2. The third kappa shape index (κ3) is 4.69. The molecule has 104 valence electrons. The molecule has 0 aliphatic rings. The molecule has 0 heterocycles. The predicted molar refractivity (Wildman–Crippen MR) is 81.3 cm³/mol. The fourth-order valence-corrected chi connectivity index (χ4v) is 2.07. The zero-order chi connectivity index (χ0) is 14.5. The number of nitrogens with one attached hydrogen (secondary N) is 1. The van der Waals surface area contributed by atoms with E-state index in [9.17, 15) is 0 Å². The number of benzene rings is 1. The van der Waals surface area contributed by atoms with Gasteiger partial charge in [0.15, 0.2) is 0 Å². The highest BCUT2D eigenvalue weighted by molar-refractivity contribution is 5.31. The van der Waals surface area contributed by atoms with E-state index in [1.165, 1.54) is 11.1 Å². The summed E-state index contributed by atoms with van der Waals surface area (Å²) in [6, 6.07) is 11.1. The minimum Gasteiger partial charge on any atom is -0.315 e. The van der Waals surface area contributed by atoms with Crippen LogP contribution >= 0.6 is 0 Å². The molecule has 1 rings (SSSR count). The molecule has 0 radical (unpaired) electrons. The van der Waals surface area contributed by atoms with Gasteiger partial charge in [0.05, 0.1) is 6.07 Å². The molecule has 19 heavy (non-hydrogen) atoms. The molecule has 2 heteroatoms. The highest BCUT2D eigenvalue weighted by atomic mass is 14.9. The van der Waals surface area contributed by atoms with Crippen LogP contribution < -0.4 is 5.32 Å². The third-order valence-electron chi connectivity index (χ3n) is 3.51. The van der Waals surface area contributed by atoms with E-state index in [1.807, 2.05) is 0 Å². The minimum absolute atomic E-state index is 0.0892. The zero-order valence-electron chi connectivity index (χ0n) is 12.9. The van der Waals surface area contributed by atoms with Crippen molar-refractivity contribution in [3.8, 4) is 6.07 Å². The summed E-state index contributed by atoms with van der Waals surface area (Å²) in [5.74, 6) is 0. The molecule has 2 nitrogen and oxygen atoms in total. The second-order valence-corrected chi connectivity index (χ2v) is 6.80. The maximum atomic E-state index is 8.53. The van der Waals surface area contributed by atoms with Crippen LogP contribution in [-0.4, -0.2) is 13.1 Å². The Bertz CT molecular complexity index is 430. The van der Waals surface area contributed by atoms with Crippen molar-refractivity contribution in [1.29, 1.82) is 5.26 Å². The molecule has 0 amide bonds. The standard InChI is InChI=1S/C17H26N2/c1-16(2,3)14-7-9-15(10-8-14)17(4,5)13-19-12-6-11-18/h7-10,19H,6,12-13H2,1-5H3. The Labute approximate surface area is 117 Å². The van der Waals surface area contributed by atoms with Gasteiger partial charge < -0.3 is 5.32 Å². The maximum absolute atomic E-state index is 8.53. The summed E-state index contributed by atoms with van der Waals surface area (Å²) >= 11 is 0. The summed E-state index contributed by atoms with van der Waals surface area (Å²) in [5, 5.41) is 11.9. The van der Waals surface area contributed by atoms with Gasteiger partial charge in [0.1, 0.15) is 0 Å². The highest BCUT2D eigenvalue weighted by Crippen LogP contribution is 2.27. The molecular weight excluding hydrogens is 232 g/mol. The van der Waals surface area contributed by atoms with Crippen LogP contribution in [-0.2, 0) is 10.8 Å². The van der Waals surface area contributed by atoms with Gasteiger partial charge in [-0.2, -0.15) is 5.26 Å². The number of hydrogen-bond acceptors (Lipinski definition) is 2. The Morgan fingerprint density at radius 3 is 2.00 bits per heavy atom. The van der Waals surface area contributed by atoms with E-state index in [0.29, 0.717) is 6.42 Å². The van der Waals surface area contributed by atoms with Crippen LogP contribution in [0.1, 0.15) is 52.2 Å². The summed E-state index contributed by atoms with van der Waals surface area (Å²) < 4.78 is 0. The van der Waals surface area contributed by atoms with Crippen molar-refractivity contribution in [3.05, 3.63) is 35.4 Å². The third-order valence-corrected chi connectivity index (χ3v) is 3.51. The van der Waals surface area contributed by atoms with Crippen LogP contribution in [0.2, 0.25) is 0 Å². The Morgan fingerprint density at radius 1 is 1.00 bits per heavy atom. The summed E-state index contributed by atoms with van der Waals surface area (Å²) in [7, 11) is 0. The topological polar surface area (TPSA) is 35.8 Å². The van der Waals surface area contributed by atoms with Gasteiger partial charge in [-0.1, -0.05) is 58.9 Å². The normalized spacial score (nSPS) is 12.2. The number of nitrogens with zero attached hydrogens (tertiary/aromatic N) is 1.